The van der Waals surface area contributed by atoms with Gasteiger partial charge in [0.1, 0.15) is 12.4 Å². The quantitative estimate of drug-likeness (QED) is 0.409. The van der Waals surface area contributed by atoms with E-state index < -0.39 is 0 Å². The highest BCUT2D eigenvalue weighted by molar-refractivity contribution is 8.00. The predicted octanol–water partition coefficient (Wildman–Crippen LogP) is 6.14. The number of benzene rings is 2. The number of carbonyl (C=O) groups is 2. The maximum absolute atomic E-state index is 13.7. The molecular weight excluding hydrogens is 504 g/mol. The molecule has 0 saturated carbocycles. The van der Waals surface area contributed by atoms with Gasteiger partial charge >= 0.3 is 0 Å². The van der Waals surface area contributed by atoms with Gasteiger partial charge < -0.3 is 5.32 Å². The Labute approximate surface area is 228 Å². The van der Waals surface area contributed by atoms with Crippen LogP contribution in [-0.4, -0.2) is 40.4 Å². The number of aryl methyl sites for hydroxylation is 1. The number of nitrogens with one attached hydrogen (secondary N) is 1. The highest BCUT2D eigenvalue weighted by atomic mass is 35.5. The van der Waals surface area contributed by atoms with Crippen LogP contribution < -0.4 is 10.2 Å². The molecule has 4 rings (SSSR count). The summed E-state index contributed by atoms with van der Waals surface area (Å²) in [4.78, 5) is 28.3. The van der Waals surface area contributed by atoms with Gasteiger partial charge in [-0.25, -0.2) is 4.68 Å². The molecule has 1 N–H and O–H groups in total. The summed E-state index contributed by atoms with van der Waals surface area (Å²) in [6, 6.07) is 13.9. The van der Waals surface area contributed by atoms with Crippen molar-refractivity contribution in [3.8, 4) is 5.69 Å². The smallest absolute Gasteiger partial charge is 0.240 e. The van der Waals surface area contributed by atoms with Gasteiger partial charge in [-0.05, 0) is 55.2 Å². The third kappa shape index (κ3) is 5.58. The number of thioether (sulfide) groups is 1. The lowest BCUT2D eigenvalue weighted by Crippen LogP contribution is -2.42. The van der Waals surface area contributed by atoms with Crippen LogP contribution in [-0.2, 0) is 15.0 Å². The molecule has 1 aromatic heterocycles. The Morgan fingerprint density at radius 1 is 1.19 bits per heavy atom. The molecule has 0 unspecified atom stereocenters. The minimum absolute atomic E-state index is 0.0607. The number of fused-ring (bicyclic) bond motifs is 1. The second-order valence-electron chi connectivity index (χ2n) is 10.5. The van der Waals surface area contributed by atoms with E-state index in [-0.39, 0.29) is 34.8 Å². The third-order valence-corrected chi connectivity index (χ3v) is 8.12. The van der Waals surface area contributed by atoms with E-state index in [9.17, 15) is 9.59 Å². The van der Waals surface area contributed by atoms with E-state index in [0.29, 0.717) is 17.4 Å². The van der Waals surface area contributed by atoms with Crippen molar-refractivity contribution in [2.45, 2.75) is 58.6 Å². The fraction of sp³-hybridized carbons (Fsp3) is 0.414. The molecular formula is C29H35ClN4O2S. The van der Waals surface area contributed by atoms with E-state index in [2.05, 4.69) is 46.0 Å². The van der Waals surface area contributed by atoms with Crippen LogP contribution in [0.2, 0.25) is 5.02 Å². The third-order valence-electron chi connectivity index (χ3n) is 6.63. The molecule has 3 aromatic rings. The highest BCUT2D eigenvalue weighted by Gasteiger charge is 2.40. The summed E-state index contributed by atoms with van der Waals surface area (Å²) in [7, 11) is 0. The van der Waals surface area contributed by atoms with Crippen LogP contribution in [0.3, 0.4) is 0 Å². The van der Waals surface area contributed by atoms with Crippen LogP contribution in [0.25, 0.3) is 5.69 Å². The topological polar surface area (TPSA) is 67.2 Å². The summed E-state index contributed by atoms with van der Waals surface area (Å²) in [5.74, 6) is 0.599. The van der Waals surface area contributed by atoms with Gasteiger partial charge in [0.05, 0.1) is 22.4 Å². The number of rotatable bonds is 6. The molecule has 2 aromatic carbocycles. The van der Waals surface area contributed by atoms with Gasteiger partial charge in [-0.1, -0.05) is 63.6 Å². The van der Waals surface area contributed by atoms with Crippen LogP contribution in [0, 0.1) is 13.8 Å². The largest absolute Gasteiger partial charge is 0.355 e. The average Bonchev–Trinajstić information content (AvgIpc) is 3.17. The molecule has 0 spiro atoms. The fourth-order valence-electron chi connectivity index (χ4n) is 4.60. The maximum Gasteiger partial charge on any atom is 0.240 e. The van der Waals surface area contributed by atoms with Gasteiger partial charge in [-0.3, -0.25) is 14.5 Å². The van der Waals surface area contributed by atoms with Crippen molar-refractivity contribution in [2.75, 3.05) is 23.7 Å². The molecule has 8 heteroatoms. The van der Waals surface area contributed by atoms with E-state index in [1.54, 1.807) is 16.7 Å². The Bertz CT molecular complexity index is 1330. The van der Waals surface area contributed by atoms with Crippen molar-refractivity contribution in [1.29, 1.82) is 0 Å². The molecule has 0 radical (unpaired) electrons. The Hall–Kier alpha value is -2.77. The fourth-order valence-corrected chi connectivity index (χ4v) is 5.99. The van der Waals surface area contributed by atoms with Crippen LogP contribution >= 0.6 is 23.4 Å². The van der Waals surface area contributed by atoms with Crippen molar-refractivity contribution in [3.63, 3.8) is 0 Å². The first-order chi connectivity index (χ1) is 17.5. The number of halogens is 1. The van der Waals surface area contributed by atoms with Crippen LogP contribution in [0.15, 0.2) is 42.5 Å². The second-order valence-corrected chi connectivity index (χ2v) is 12.1. The molecule has 1 atom stereocenters. The van der Waals surface area contributed by atoms with Gasteiger partial charge in [0.2, 0.25) is 11.8 Å². The zero-order valence-electron chi connectivity index (χ0n) is 22.4. The van der Waals surface area contributed by atoms with E-state index in [0.717, 1.165) is 40.1 Å². The molecule has 0 saturated heterocycles. The van der Waals surface area contributed by atoms with Gasteiger partial charge in [0, 0.05) is 22.5 Å². The summed E-state index contributed by atoms with van der Waals surface area (Å²) < 4.78 is 1.88. The maximum atomic E-state index is 13.7. The Balaban J connectivity index is 2.04. The van der Waals surface area contributed by atoms with Crippen LogP contribution in [0.4, 0.5) is 5.82 Å². The summed E-state index contributed by atoms with van der Waals surface area (Å²) >= 11 is 7.97. The molecule has 6 nitrogen and oxygen atoms in total. The van der Waals surface area contributed by atoms with Crippen molar-refractivity contribution < 1.29 is 9.59 Å². The van der Waals surface area contributed by atoms with Crippen LogP contribution in [0.5, 0.6) is 0 Å². The van der Waals surface area contributed by atoms with Crippen LogP contribution in [0.1, 0.15) is 67.3 Å². The number of hydrogen-bond acceptors (Lipinski definition) is 4. The summed E-state index contributed by atoms with van der Waals surface area (Å²) in [5.41, 5.74) is 5.65. The van der Waals surface area contributed by atoms with Crippen molar-refractivity contribution in [3.05, 3.63) is 75.4 Å². The number of nitrogens with zero attached hydrogens (tertiary/aromatic N) is 3. The minimum atomic E-state index is -0.312. The number of aromatic nitrogens is 2. The second kappa shape index (κ2) is 10.9. The number of carbonyl (C=O) groups excluding carboxylic acids is 2. The van der Waals surface area contributed by atoms with E-state index in [1.165, 1.54) is 0 Å². The Morgan fingerprint density at radius 2 is 1.92 bits per heavy atom. The van der Waals surface area contributed by atoms with Crippen molar-refractivity contribution in [2.24, 2.45) is 0 Å². The number of hydrogen-bond donors (Lipinski definition) is 1. The minimum Gasteiger partial charge on any atom is -0.355 e. The number of amides is 2. The molecule has 0 aliphatic carbocycles. The van der Waals surface area contributed by atoms with Crippen molar-refractivity contribution in [1.82, 2.24) is 15.1 Å². The summed E-state index contributed by atoms with van der Waals surface area (Å²) in [6.45, 7) is 13.0. The first kappa shape index (κ1) is 27.3. The lowest BCUT2D eigenvalue weighted by molar-refractivity contribution is -0.122. The Kier molecular flexibility index (Phi) is 8.05. The highest BCUT2D eigenvalue weighted by Crippen LogP contribution is 2.48. The average molecular weight is 539 g/mol. The first-order valence-corrected chi connectivity index (χ1v) is 14.1. The lowest BCUT2D eigenvalue weighted by atomic mass is 9.87. The van der Waals surface area contributed by atoms with Gasteiger partial charge in [-0.15, -0.1) is 11.8 Å². The SMILES string of the molecule is CCCNC(=O)CN1C(=O)CS[C@@H](c2cccc(Cl)c2)c2c(C(C)(C)C)nn(-c3cccc(C)c3C)c21. The Morgan fingerprint density at radius 3 is 2.59 bits per heavy atom. The zero-order chi connectivity index (χ0) is 26.9. The molecule has 1 aliphatic heterocycles. The standard InChI is InChI=1S/C29H35ClN4O2S/c1-7-14-31-23(35)16-33-24(36)17-37-26(20-11-9-12-21(30)15-20)25-27(29(4,5)6)32-34(28(25)33)22-13-8-10-18(2)19(22)3/h8-13,15,26H,7,14,16-17H2,1-6H3,(H,31,35)/t26-/m0/s1. The van der Waals surface area contributed by atoms with E-state index >= 15 is 0 Å². The molecule has 2 amide bonds. The molecule has 0 bridgehead atoms. The van der Waals surface area contributed by atoms with E-state index in [1.807, 2.05) is 48.0 Å². The van der Waals surface area contributed by atoms with E-state index in [4.69, 9.17) is 16.7 Å². The number of anilines is 1. The van der Waals surface area contributed by atoms with Gasteiger partial charge in [0.25, 0.3) is 0 Å². The normalized spacial score (nSPS) is 15.9. The zero-order valence-corrected chi connectivity index (χ0v) is 24.0. The molecule has 2 heterocycles. The first-order valence-electron chi connectivity index (χ1n) is 12.7. The summed E-state index contributed by atoms with van der Waals surface area (Å²) in [5, 5.41) is 8.58. The lowest BCUT2D eigenvalue weighted by Gasteiger charge is -2.25. The molecule has 1 aliphatic rings. The van der Waals surface area contributed by atoms with Gasteiger partial charge in [-0.2, -0.15) is 5.10 Å². The molecule has 0 fully saturated rings. The van der Waals surface area contributed by atoms with Gasteiger partial charge in [0.15, 0.2) is 0 Å². The predicted molar refractivity (Wildman–Crippen MR) is 153 cm³/mol. The summed E-state index contributed by atoms with van der Waals surface area (Å²) in [6.07, 6.45) is 0.826. The van der Waals surface area contributed by atoms with Crippen molar-refractivity contribution >= 4 is 41.0 Å². The molecule has 196 valence electrons. The molecule has 37 heavy (non-hydrogen) atoms. The monoisotopic (exact) mass is 538 g/mol.